The molecule has 0 saturated heterocycles. The van der Waals surface area contributed by atoms with Gasteiger partial charge in [-0.25, -0.2) is 4.98 Å². The van der Waals surface area contributed by atoms with Crippen molar-refractivity contribution in [3.8, 4) is 0 Å². The first-order valence-corrected chi connectivity index (χ1v) is 3.75. The van der Waals surface area contributed by atoms with E-state index >= 15 is 0 Å². The van der Waals surface area contributed by atoms with Crippen LogP contribution in [-0.4, -0.2) is 23.5 Å². The SMILES string of the molecule is CO.O=Cc1ccnc(F)c1Br. The Morgan fingerprint density at radius 3 is 2.67 bits per heavy atom. The summed E-state index contributed by atoms with van der Waals surface area (Å²) in [5.74, 6) is -0.662. The molecule has 0 fully saturated rings. The third kappa shape index (κ3) is 2.67. The zero-order chi connectivity index (χ0) is 9.56. The fourth-order valence-corrected chi connectivity index (χ4v) is 0.851. The molecule has 0 saturated carbocycles. The molecule has 12 heavy (non-hydrogen) atoms. The fourth-order valence-electron chi connectivity index (χ4n) is 0.523. The molecule has 66 valence electrons. The lowest BCUT2D eigenvalue weighted by atomic mass is 10.3. The van der Waals surface area contributed by atoms with E-state index in [-0.39, 0.29) is 10.0 Å². The molecule has 1 aromatic rings. The topological polar surface area (TPSA) is 50.2 Å². The number of aromatic nitrogens is 1. The first kappa shape index (κ1) is 11.2. The van der Waals surface area contributed by atoms with Crippen LogP contribution in [0.1, 0.15) is 10.4 Å². The van der Waals surface area contributed by atoms with Crippen LogP contribution in [0, 0.1) is 5.95 Å². The Hall–Kier alpha value is -0.810. The van der Waals surface area contributed by atoms with E-state index in [4.69, 9.17) is 5.11 Å². The Morgan fingerprint density at radius 2 is 2.25 bits per heavy atom. The summed E-state index contributed by atoms with van der Waals surface area (Å²) in [6.45, 7) is 0. The molecule has 0 aliphatic rings. The molecule has 0 bridgehead atoms. The molecule has 3 nitrogen and oxygen atoms in total. The van der Waals surface area contributed by atoms with Gasteiger partial charge >= 0.3 is 0 Å². The summed E-state index contributed by atoms with van der Waals surface area (Å²) < 4.78 is 12.6. The van der Waals surface area contributed by atoms with E-state index in [9.17, 15) is 9.18 Å². The zero-order valence-electron chi connectivity index (χ0n) is 6.29. The largest absolute Gasteiger partial charge is 0.400 e. The molecule has 1 aromatic heterocycles. The van der Waals surface area contributed by atoms with Gasteiger partial charge in [0.25, 0.3) is 0 Å². The van der Waals surface area contributed by atoms with Gasteiger partial charge in [-0.1, -0.05) is 0 Å². The van der Waals surface area contributed by atoms with E-state index in [0.29, 0.717) is 6.29 Å². The van der Waals surface area contributed by atoms with E-state index < -0.39 is 5.95 Å². The van der Waals surface area contributed by atoms with E-state index in [1.165, 1.54) is 12.3 Å². The second kappa shape index (κ2) is 5.79. The van der Waals surface area contributed by atoms with Crippen LogP contribution < -0.4 is 0 Å². The van der Waals surface area contributed by atoms with Gasteiger partial charge in [0, 0.05) is 18.9 Å². The Labute approximate surface area is 77.4 Å². The number of rotatable bonds is 1. The smallest absolute Gasteiger partial charge is 0.227 e. The highest BCUT2D eigenvalue weighted by Crippen LogP contribution is 2.15. The predicted octanol–water partition coefficient (Wildman–Crippen LogP) is 1.40. The highest BCUT2D eigenvalue weighted by Gasteiger charge is 2.03. The second-order valence-electron chi connectivity index (χ2n) is 1.62. The number of carbonyl (C=O) groups excluding carboxylic acids is 1. The van der Waals surface area contributed by atoms with E-state index in [0.717, 1.165) is 7.11 Å². The molecule has 0 radical (unpaired) electrons. The molecule has 0 spiro atoms. The molecule has 0 aliphatic carbocycles. The molecular formula is C7H7BrFNO2. The van der Waals surface area contributed by atoms with Crippen molar-refractivity contribution in [2.45, 2.75) is 0 Å². The summed E-state index contributed by atoms with van der Waals surface area (Å²) in [6, 6.07) is 1.43. The minimum atomic E-state index is -0.662. The Kier molecular flexibility index (Phi) is 5.40. The van der Waals surface area contributed by atoms with Crippen molar-refractivity contribution in [1.82, 2.24) is 4.98 Å². The molecule has 1 rings (SSSR count). The van der Waals surface area contributed by atoms with Gasteiger partial charge in [0.1, 0.15) is 0 Å². The van der Waals surface area contributed by atoms with Crippen molar-refractivity contribution in [3.63, 3.8) is 0 Å². The van der Waals surface area contributed by atoms with Crippen LogP contribution in [0.3, 0.4) is 0 Å². The van der Waals surface area contributed by atoms with Gasteiger partial charge in [-0.15, -0.1) is 0 Å². The molecular weight excluding hydrogens is 229 g/mol. The Bertz CT molecular complexity index is 268. The molecule has 0 amide bonds. The minimum absolute atomic E-state index is 0.116. The standard InChI is InChI=1S/C6H3BrFNO.CH4O/c7-5-4(3-10)1-2-9-6(5)8;1-2/h1-3H;2H,1H3. The number of aldehydes is 1. The van der Waals surface area contributed by atoms with Crippen LogP contribution in [-0.2, 0) is 0 Å². The van der Waals surface area contributed by atoms with E-state index in [1.807, 2.05) is 0 Å². The number of halogens is 2. The summed E-state index contributed by atoms with van der Waals surface area (Å²) in [7, 11) is 1.00. The van der Waals surface area contributed by atoms with Crippen molar-refractivity contribution >= 4 is 22.2 Å². The quantitative estimate of drug-likeness (QED) is 0.592. The van der Waals surface area contributed by atoms with Crippen molar-refractivity contribution < 1.29 is 14.3 Å². The van der Waals surface area contributed by atoms with Gasteiger partial charge in [0.05, 0.1) is 4.47 Å². The van der Waals surface area contributed by atoms with Gasteiger partial charge in [0.2, 0.25) is 5.95 Å². The van der Waals surface area contributed by atoms with Crippen molar-refractivity contribution in [2.75, 3.05) is 7.11 Å². The van der Waals surface area contributed by atoms with Crippen LogP contribution in [0.4, 0.5) is 4.39 Å². The summed E-state index contributed by atoms with van der Waals surface area (Å²) >= 11 is 2.87. The highest BCUT2D eigenvalue weighted by atomic mass is 79.9. The van der Waals surface area contributed by atoms with Crippen LogP contribution in [0.2, 0.25) is 0 Å². The lowest BCUT2D eigenvalue weighted by molar-refractivity contribution is 0.112. The number of carbonyl (C=O) groups is 1. The van der Waals surface area contributed by atoms with Gasteiger partial charge in [-0.05, 0) is 22.0 Å². The number of aliphatic hydroxyl groups is 1. The summed E-state index contributed by atoms with van der Waals surface area (Å²) in [6.07, 6.45) is 1.80. The monoisotopic (exact) mass is 235 g/mol. The third-order valence-corrected chi connectivity index (χ3v) is 1.79. The molecule has 0 unspecified atom stereocenters. The lowest BCUT2D eigenvalue weighted by Crippen LogP contribution is -1.89. The Morgan fingerprint density at radius 1 is 1.67 bits per heavy atom. The highest BCUT2D eigenvalue weighted by molar-refractivity contribution is 9.10. The van der Waals surface area contributed by atoms with Gasteiger partial charge < -0.3 is 5.11 Å². The average molecular weight is 236 g/mol. The summed E-state index contributed by atoms with van der Waals surface area (Å²) in [5.41, 5.74) is 0.271. The molecule has 1 heterocycles. The summed E-state index contributed by atoms with van der Waals surface area (Å²) in [5, 5.41) is 7.00. The van der Waals surface area contributed by atoms with Crippen LogP contribution >= 0.6 is 15.9 Å². The summed E-state index contributed by atoms with van der Waals surface area (Å²) in [4.78, 5) is 13.5. The fraction of sp³-hybridized carbons (Fsp3) is 0.143. The Balaban J connectivity index is 0.000000561. The first-order chi connectivity index (χ1) is 5.75. The molecule has 0 aromatic carbocycles. The first-order valence-electron chi connectivity index (χ1n) is 2.95. The van der Waals surface area contributed by atoms with Gasteiger partial charge in [-0.3, -0.25) is 4.79 Å². The maximum Gasteiger partial charge on any atom is 0.227 e. The molecule has 0 atom stereocenters. The number of aliphatic hydroxyl groups excluding tert-OH is 1. The van der Waals surface area contributed by atoms with Crippen molar-refractivity contribution in [1.29, 1.82) is 0 Å². The second-order valence-corrected chi connectivity index (χ2v) is 2.42. The minimum Gasteiger partial charge on any atom is -0.400 e. The van der Waals surface area contributed by atoms with Crippen molar-refractivity contribution in [3.05, 3.63) is 28.2 Å². The van der Waals surface area contributed by atoms with Gasteiger partial charge in [-0.2, -0.15) is 4.39 Å². The van der Waals surface area contributed by atoms with E-state index in [2.05, 4.69) is 20.9 Å². The zero-order valence-corrected chi connectivity index (χ0v) is 7.88. The maximum absolute atomic E-state index is 12.4. The normalized spacial score (nSPS) is 8.33. The third-order valence-electron chi connectivity index (χ3n) is 1.00. The van der Waals surface area contributed by atoms with Crippen LogP contribution in [0.15, 0.2) is 16.7 Å². The molecule has 0 aliphatic heterocycles. The maximum atomic E-state index is 12.4. The average Bonchev–Trinajstić information content (AvgIpc) is 2.13. The van der Waals surface area contributed by atoms with Gasteiger partial charge in [0.15, 0.2) is 6.29 Å². The number of hydrogen-bond donors (Lipinski definition) is 1. The molecule has 5 heteroatoms. The van der Waals surface area contributed by atoms with Crippen molar-refractivity contribution in [2.24, 2.45) is 0 Å². The van der Waals surface area contributed by atoms with Crippen LogP contribution in [0.25, 0.3) is 0 Å². The lowest BCUT2D eigenvalue weighted by Gasteiger charge is -1.93. The number of nitrogens with zero attached hydrogens (tertiary/aromatic N) is 1. The number of pyridine rings is 1. The number of hydrogen-bond acceptors (Lipinski definition) is 3. The predicted molar refractivity (Wildman–Crippen MR) is 45.4 cm³/mol. The van der Waals surface area contributed by atoms with Crippen LogP contribution in [0.5, 0.6) is 0 Å². The molecule has 1 N–H and O–H groups in total. The van der Waals surface area contributed by atoms with E-state index in [1.54, 1.807) is 0 Å².